The van der Waals surface area contributed by atoms with Gasteiger partial charge in [-0.15, -0.1) is 0 Å². The van der Waals surface area contributed by atoms with Crippen molar-refractivity contribution in [3.05, 3.63) is 57.7 Å². The second kappa shape index (κ2) is 8.71. The van der Waals surface area contributed by atoms with Crippen LogP contribution < -0.4 is 0 Å². The number of benzene rings is 1. The molecule has 0 bridgehead atoms. The van der Waals surface area contributed by atoms with E-state index in [0.717, 1.165) is 24.0 Å². The molecule has 128 valence electrons. The summed E-state index contributed by atoms with van der Waals surface area (Å²) in [6, 6.07) is 8.33. The molecule has 0 fully saturated rings. The van der Waals surface area contributed by atoms with Crippen molar-refractivity contribution in [1.82, 2.24) is 19.6 Å². The predicted molar refractivity (Wildman–Crippen MR) is 94.7 cm³/mol. The van der Waals surface area contributed by atoms with Gasteiger partial charge < -0.3 is 0 Å². The van der Waals surface area contributed by atoms with Gasteiger partial charge in [-0.1, -0.05) is 38.1 Å². The Balaban J connectivity index is 0.000000423. The van der Waals surface area contributed by atoms with E-state index < -0.39 is 4.92 Å². The van der Waals surface area contributed by atoms with Gasteiger partial charge in [-0.3, -0.25) is 10.1 Å². The Morgan fingerprint density at radius 1 is 1.12 bits per heavy atom. The third kappa shape index (κ3) is 4.34. The smallest absolute Gasteiger partial charge is 0.252 e. The van der Waals surface area contributed by atoms with Gasteiger partial charge in [0, 0.05) is 10.5 Å². The van der Waals surface area contributed by atoms with Gasteiger partial charge in [-0.05, 0) is 31.9 Å². The highest BCUT2D eigenvalue weighted by atomic mass is 16.6. The van der Waals surface area contributed by atoms with Gasteiger partial charge in [-0.25, -0.2) is 9.50 Å². The maximum absolute atomic E-state index is 8.81. The van der Waals surface area contributed by atoms with Crippen molar-refractivity contribution in [2.24, 2.45) is 0 Å². The zero-order valence-electron chi connectivity index (χ0n) is 14.9. The highest BCUT2D eigenvalue weighted by Gasteiger charge is 2.13. The Hall–Kier alpha value is -2.83. The van der Waals surface area contributed by atoms with Crippen molar-refractivity contribution in [3.8, 4) is 11.1 Å². The number of nitrogens with zero attached hydrogens (tertiary/aromatic N) is 5. The van der Waals surface area contributed by atoms with E-state index in [-0.39, 0.29) is 0 Å². The van der Waals surface area contributed by atoms with Gasteiger partial charge in [0.05, 0.1) is 11.4 Å². The van der Waals surface area contributed by atoms with Crippen molar-refractivity contribution < 1.29 is 4.92 Å². The Bertz CT molecular complexity index is 823. The lowest BCUT2D eigenvalue weighted by molar-refractivity contribution is -0.445. The SMILES string of the molecule is CC.C[N+](=O)[O-].Cc1ccccc1-c1c(C)nc2ncnn2c1C. The van der Waals surface area contributed by atoms with Gasteiger partial charge >= 0.3 is 0 Å². The third-order valence-electron chi connectivity index (χ3n) is 3.25. The molecule has 0 amide bonds. The molecule has 0 N–H and O–H groups in total. The van der Waals surface area contributed by atoms with E-state index in [4.69, 9.17) is 10.1 Å². The second-order valence-corrected chi connectivity index (χ2v) is 4.88. The van der Waals surface area contributed by atoms with Crippen LogP contribution in [0.15, 0.2) is 30.6 Å². The van der Waals surface area contributed by atoms with E-state index in [1.54, 1.807) is 4.52 Å². The molecular formula is C17H23N5O2. The minimum absolute atomic E-state index is 0.500. The largest absolute Gasteiger partial charge is 0.265 e. The van der Waals surface area contributed by atoms with Crippen LogP contribution in [0.2, 0.25) is 0 Å². The molecule has 0 saturated carbocycles. The first-order valence-electron chi connectivity index (χ1n) is 7.72. The molecule has 2 heterocycles. The van der Waals surface area contributed by atoms with E-state index in [0.29, 0.717) is 5.78 Å². The topological polar surface area (TPSA) is 86.2 Å². The minimum atomic E-state index is -0.500. The zero-order valence-corrected chi connectivity index (χ0v) is 14.9. The molecule has 0 aliphatic rings. The summed E-state index contributed by atoms with van der Waals surface area (Å²) in [5, 5.41) is 13.0. The van der Waals surface area contributed by atoms with Crippen LogP contribution in [0.25, 0.3) is 16.9 Å². The number of hydrogen-bond acceptors (Lipinski definition) is 5. The Morgan fingerprint density at radius 3 is 2.29 bits per heavy atom. The van der Waals surface area contributed by atoms with Gasteiger partial charge in [0.1, 0.15) is 6.33 Å². The Morgan fingerprint density at radius 2 is 1.71 bits per heavy atom. The Labute approximate surface area is 141 Å². The summed E-state index contributed by atoms with van der Waals surface area (Å²) in [5.74, 6) is 0.655. The molecule has 0 saturated heterocycles. The monoisotopic (exact) mass is 329 g/mol. The summed E-state index contributed by atoms with van der Waals surface area (Å²) in [7, 11) is 0.889. The summed E-state index contributed by atoms with van der Waals surface area (Å²) in [6.07, 6.45) is 1.54. The molecule has 0 unspecified atom stereocenters. The number of fused-ring (bicyclic) bond motifs is 1. The molecule has 0 radical (unpaired) electrons. The molecule has 0 atom stereocenters. The fourth-order valence-electron chi connectivity index (χ4n) is 2.37. The first-order chi connectivity index (χ1) is 11.4. The highest BCUT2D eigenvalue weighted by Crippen LogP contribution is 2.28. The van der Waals surface area contributed by atoms with Crippen molar-refractivity contribution in [3.63, 3.8) is 0 Å². The van der Waals surface area contributed by atoms with Crippen LogP contribution in [-0.2, 0) is 0 Å². The highest BCUT2D eigenvalue weighted by molar-refractivity contribution is 5.72. The fraction of sp³-hybridized carbons (Fsp3) is 0.353. The first-order valence-corrected chi connectivity index (χ1v) is 7.72. The summed E-state index contributed by atoms with van der Waals surface area (Å²) < 4.78 is 1.79. The second-order valence-electron chi connectivity index (χ2n) is 4.88. The summed E-state index contributed by atoms with van der Waals surface area (Å²) in [4.78, 5) is 16.9. The number of nitro groups is 1. The molecule has 2 aromatic heterocycles. The van der Waals surface area contributed by atoms with Crippen LogP contribution in [0.5, 0.6) is 0 Å². The van der Waals surface area contributed by atoms with Crippen molar-refractivity contribution in [1.29, 1.82) is 0 Å². The average Bonchev–Trinajstić information content (AvgIpc) is 2.99. The number of aromatic nitrogens is 4. The molecular weight excluding hydrogens is 306 g/mol. The van der Waals surface area contributed by atoms with Crippen LogP contribution >= 0.6 is 0 Å². The number of aryl methyl sites for hydroxylation is 3. The quantitative estimate of drug-likeness (QED) is 0.502. The third-order valence-corrected chi connectivity index (χ3v) is 3.25. The van der Waals surface area contributed by atoms with Crippen LogP contribution in [0.3, 0.4) is 0 Å². The maximum atomic E-state index is 8.81. The minimum Gasteiger partial charge on any atom is -0.265 e. The van der Waals surface area contributed by atoms with Gasteiger partial charge in [0.25, 0.3) is 5.78 Å². The van der Waals surface area contributed by atoms with Gasteiger partial charge in [0.15, 0.2) is 7.05 Å². The molecule has 3 rings (SSSR count). The molecule has 3 aromatic rings. The average molecular weight is 329 g/mol. The molecule has 24 heavy (non-hydrogen) atoms. The fourth-order valence-corrected chi connectivity index (χ4v) is 2.37. The molecule has 0 aliphatic heterocycles. The summed E-state index contributed by atoms with van der Waals surface area (Å²) in [5.41, 5.74) is 5.65. The van der Waals surface area contributed by atoms with E-state index in [2.05, 4.69) is 41.0 Å². The van der Waals surface area contributed by atoms with Crippen molar-refractivity contribution in [2.75, 3.05) is 7.05 Å². The lowest BCUT2D eigenvalue weighted by Crippen LogP contribution is -2.03. The van der Waals surface area contributed by atoms with E-state index in [1.807, 2.05) is 32.9 Å². The predicted octanol–water partition coefficient (Wildman–Crippen LogP) is 3.64. The standard InChI is InChI=1S/C14H14N4.C2H6.CH3NO2/c1-9-6-4-5-7-12(9)13-10(2)17-14-15-8-16-18(14)11(13)3;1-2;1-2(3)4/h4-8H,1-3H3;1-2H3;1H3. The van der Waals surface area contributed by atoms with Gasteiger partial charge in [-0.2, -0.15) is 10.1 Å². The van der Waals surface area contributed by atoms with E-state index in [1.165, 1.54) is 17.5 Å². The number of rotatable bonds is 1. The van der Waals surface area contributed by atoms with E-state index >= 15 is 0 Å². The maximum Gasteiger partial charge on any atom is 0.252 e. The van der Waals surface area contributed by atoms with Crippen LogP contribution in [0, 0.1) is 30.9 Å². The van der Waals surface area contributed by atoms with Crippen LogP contribution in [0.4, 0.5) is 0 Å². The zero-order chi connectivity index (χ0) is 18.3. The lowest BCUT2D eigenvalue weighted by Gasteiger charge is -2.12. The normalized spacial score (nSPS) is 9.58. The molecule has 7 nitrogen and oxygen atoms in total. The number of hydrogen-bond donors (Lipinski definition) is 0. The first kappa shape index (κ1) is 19.2. The molecule has 0 aliphatic carbocycles. The lowest BCUT2D eigenvalue weighted by atomic mass is 9.98. The summed E-state index contributed by atoms with van der Waals surface area (Å²) in [6.45, 7) is 10.2. The molecule has 1 aromatic carbocycles. The van der Waals surface area contributed by atoms with Crippen molar-refractivity contribution >= 4 is 5.78 Å². The Kier molecular flexibility index (Phi) is 6.98. The molecule has 7 heteroatoms. The van der Waals surface area contributed by atoms with Crippen molar-refractivity contribution in [2.45, 2.75) is 34.6 Å². The van der Waals surface area contributed by atoms with Crippen LogP contribution in [0.1, 0.15) is 30.8 Å². The van der Waals surface area contributed by atoms with E-state index in [9.17, 15) is 0 Å². The summed E-state index contributed by atoms with van der Waals surface area (Å²) >= 11 is 0. The molecule has 0 spiro atoms. The van der Waals surface area contributed by atoms with Gasteiger partial charge in [0.2, 0.25) is 0 Å². The van der Waals surface area contributed by atoms with Crippen LogP contribution in [-0.4, -0.2) is 31.6 Å².